The minimum atomic E-state index is 0.182. The Kier molecular flexibility index (Phi) is 6.06. The van der Waals surface area contributed by atoms with Gasteiger partial charge in [-0.25, -0.2) is 0 Å². The summed E-state index contributed by atoms with van der Waals surface area (Å²) >= 11 is 0. The van der Waals surface area contributed by atoms with Crippen molar-refractivity contribution in [1.29, 1.82) is 0 Å². The van der Waals surface area contributed by atoms with E-state index in [0.29, 0.717) is 12.0 Å². The number of aryl methyl sites for hydroxylation is 3. The van der Waals surface area contributed by atoms with Gasteiger partial charge in [-0.2, -0.15) is 0 Å². The molecule has 0 saturated heterocycles. The lowest BCUT2D eigenvalue weighted by atomic mass is 9.73. The third kappa shape index (κ3) is 4.27. The van der Waals surface area contributed by atoms with Crippen LogP contribution in [-0.2, 0) is 6.42 Å². The van der Waals surface area contributed by atoms with Gasteiger partial charge in [0, 0.05) is 12.0 Å². The molecule has 0 radical (unpaired) electrons. The maximum Gasteiger partial charge on any atom is 0.127 e. The largest absolute Gasteiger partial charge is 0.485 e. The minimum Gasteiger partial charge on any atom is -0.485 e. The lowest BCUT2D eigenvalue weighted by molar-refractivity contribution is 0.0920. The number of benzene rings is 2. The number of hydrogen-bond donors (Lipinski definition) is 1. The zero-order valence-corrected chi connectivity index (χ0v) is 17.7. The zero-order chi connectivity index (χ0) is 19.5. The highest BCUT2D eigenvalue weighted by Gasteiger charge is 2.34. The first-order valence-corrected chi connectivity index (χ1v) is 11.1. The molecule has 2 aliphatic rings. The summed E-state index contributed by atoms with van der Waals surface area (Å²) in [6, 6.07) is 16.2. The van der Waals surface area contributed by atoms with Crippen molar-refractivity contribution in [3.63, 3.8) is 0 Å². The van der Waals surface area contributed by atoms with Crippen molar-refractivity contribution in [3.05, 3.63) is 64.7 Å². The molecule has 150 valence electrons. The summed E-state index contributed by atoms with van der Waals surface area (Å²) in [5, 5.41) is 3.52. The van der Waals surface area contributed by atoms with E-state index in [1.54, 1.807) is 0 Å². The van der Waals surface area contributed by atoms with E-state index in [1.165, 1.54) is 67.2 Å². The Bertz CT molecular complexity index is 799. The number of fused-ring (bicyclic) bond motifs is 1. The maximum atomic E-state index is 6.71. The molecular formula is C26H35NO. The van der Waals surface area contributed by atoms with Crippen LogP contribution in [0.5, 0.6) is 5.75 Å². The van der Waals surface area contributed by atoms with Crippen molar-refractivity contribution in [1.82, 2.24) is 5.32 Å². The Labute approximate surface area is 170 Å². The maximum absolute atomic E-state index is 6.71. The molecule has 4 rings (SSSR count). The van der Waals surface area contributed by atoms with Gasteiger partial charge in [-0.15, -0.1) is 0 Å². The number of nitrogens with one attached hydrogen (secondary N) is 1. The third-order valence-electron chi connectivity index (χ3n) is 7.14. The van der Waals surface area contributed by atoms with Crippen LogP contribution >= 0.6 is 0 Å². The van der Waals surface area contributed by atoms with E-state index >= 15 is 0 Å². The number of ether oxygens (including phenoxy) is 1. The fourth-order valence-corrected chi connectivity index (χ4v) is 5.32. The Balaban J connectivity index is 1.56. The van der Waals surface area contributed by atoms with Gasteiger partial charge >= 0.3 is 0 Å². The third-order valence-corrected chi connectivity index (χ3v) is 7.14. The van der Waals surface area contributed by atoms with E-state index in [2.05, 4.69) is 68.7 Å². The fraction of sp³-hybridized carbons (Fsp3) is 0.538. The summed E-state index contributed by atoms with van der Waals surface area (Å²) in [5.41, 5.74) is 5.53. The van der Waals surface area contributed by atoms with E-state index in [0.717, 1.165) is 11.7 Å². The predicted molar refractivity (Wildman–Crippen MR) is 117 cm³/mol. The highest BCUT2D eigenvalue weighted by molar-refractivity contribution is 5.37. The lowest BCUT2D eigenvalue weighted by Crippen LogP contribution is -2.34. The quantitative estimate of drug-likeness (QED) is 0.674. The monoisotopic (exact) mass is 377 g/mol. The van der Waals surface area contributed by atoms with Crippen LogP contribution in [-0.4, -0.2) is 13.1 Å². The average molecular weight is 378 g/mol. The molecule has 28 heavy (non-hydrogen) atoms. The molecule has 4 atom stereocenters. The molecule has 0 heterocycles. The average Bonchev–Trinajstić information content (AvgIpc) is 2.72. The van der Waals surface area contributed by atoms with Crippen molar-refractivity contribution >= 4 is 0 Å². The fourth-order valence-electron chi connectivity index (χ4n) is 5.32. The highest BCUT2D eigenvalue weighted by Crippen LogP contribution is 2.43. The Morgan fingerprint density at radius 2 is 1.86 bits per heavy atom. The van der Waals surface area contributed by atoms with Gasteiger partial charge in [0.25, 0.3) is 0 Å². The molecule has 1 unspecified atom stereocenters. The second kappa shape index (κ2) is 8.69. The molecule has 0 spiro atoms. The zero-order valence-electron chi connectivity index (χ0n) is 17.7. The van der Waals surface area contributed by atoms with Gasteiger partial charge in [0.15, 0.2) is 0 Å². The normalized spacial score (nSPS) is 27.2. The predicted octanol–water partition coefficient (Wildman–Crippen LogP) is 6.15. The lowest BCUT2D eigenvalue weighted by Gasteiger charge is -2.38. The van der Waals surface area contributed by atoms with Crippen LogP contribution in [0.2, 0.25) is 0 Å². The molecule has 2 aromatic carbocycles. The minimum absolute atomic E-state index is 0.182. The number of rotatable bonds is 5. The summed E-state index contributed by atoms with van der Waals surface area (Å²) in [4.78, 5) is 0. The van der Waals surface area contributed by atoms with Crippen LogP contribution in [0.15, 0.2) is 42.5 Å². The summed E-state index contributed by atoms with van der Waals surface area (Å²) in [6.07, 6.45) is 9.32. The summed E-state index contributed by atoms with van der Waals surface area (Å²) in [6.45, 7) is 4.34. The summed E-state index contributed by atoms with van der Waals surface area (Å²) in [5.74, 6) is 2.45. The SMILES string of the molecule is CN[C@H]1CCCC(C[C@H]2CCc3ccccc3[C@@H]2Oc2ccc(C)c(C)c2)C1. The molecule has 0 aliphatic heterocycles. The van der Waals surface area contributed by atoms with Crippen molar-refractivity contribution < 1.29 is 4.74 Å². The van der Waals surface area contributed by atoms with Crippen LogP contribution in [0.1, 0.15) is 66.9 Å². The molecule has 2 aromatic rings. The van der Waals surface area contributed by atoms with E-state index in [4.69, 9.17) is 4.74 Å². The molecule has 2 aliphatic carbocycles. The molecule has 0 aromatic heterocycles. The van der Waals surface area contributed by atoms with Gasteiger partial charge in [0.1, 0.15) is 11.9 Å². The van der Waals surface area contributed by atoms with Gasteiger partial charge in [-0.05, 0) is 93.3 Å². The van der Waals surface area contributed by atoms with Gasteiger partial charge in [-0.1, -0.05) is 43.2 Å². The van der Waals surface area contributed by atoms with Crippen LogP contribution in [0, 0.1) is 25.7 Å². The molecular weight excluding hydrogens is 342 g/mol. The molecule has 1 N–H and O–H groups in total. The van der Waals surface area contributed by atoms with Crippen molar-refractivity contribution in [3.8, 4) is 5.75 Å². The van der Waals surface area contributed by atoms with Gasteiger partial charge in [0.2, 0.25) is 0 Å². The highest BCUT2D eigenvalue weighted by atomic mass is 16.5. The first-order valence-electron chi connectivity index (χ1n) is 11.1. The molecule has 2 nitrogen and oxygen atoms in total. The van der Waals surface area contributed by atoms with Crippen molar-refractivity contribution in [2.24, 2.45) is 11.8 Å². The molecule has 2 heteroatoms. The van der Waals surface area contributed by atoms with E-state index < -0.39 is 0 Å². The standard InChI is InChI=1S/C26H35NO/c1-18-11-14-24(15-19(18)2)28-26-22(13-12-21-8-4-5-10-25(21)26)16-20-7-6-9-23(17-20)27-3/h4-5,8,10-11,14-15,20,22-23,26-27H,6-7,9,12-13,16-17H2,1-3H3/t20?,22-,23+,26-/m1/s1. The van der Waals surface area contributed by atoms with E-state index in [1.807, 2.05) is 0 Å². The van der Waals surface area contributed by atoms with Crippen LogP contribution in [0.3, 0.4) is 0 Å². The first kappa shape index (κ1) is 19.5. The van der Waals surface area contributed by atoms with Crippen LogP contribution in [0.25, 0.3) is 0 Å². The molecule has 0 bridgehead atoms. The summed E-state index contributed by atoms with van der Waals surface area (Å²) in [7, 11) is 2.12. The Morgan fingerprint density at radius 1 is 1.00 bits per heavy atom. The van der Waals surface area contributed by atoms with Gasteiger partial charge in [0.05, 0.1) is 0 Å². The van der Waals surface area contributed by atoms with Crippen LogP contribution < -0.4 is 10.1 Å². The molecule has 0 amide bonds. The van der Waals surface area contributed by atoms with Crippen molar-refractivity contribution in [2.45, 2.75) is 70.9 Å². The number of hydrogen-bond acceptors (Lipinski definition) is 2. The van der Waals surface area contributed by atoms with Gasteiger partial charge < -0.3 is 10.1 Å². The van der Waals surface area contributed by atoms with E-state index in [-0.39, 0.29) is 6.10 Å². The Hall–Kier alpha value is -1.80. The second-order valence-corrected chi connectivity index (χ2v) is 9.04. The molecule has 1 saturated carbocycles. The second-order valence-electron chi connectivity index (χ2n) is 9.04. The molecule has 1 fully saturated rings. The first-order chi connectivity index (χ1) is 13.6. The van der Waals surface area contributed by atoms with Crippen LogP contribution in [0.4, 0.5) is 0 Å². The summed E-state index contributed by atoms with van der Waals surface area (Å²) < 4.78 is 6.71. The smallest absolute Gasteiger partial charge is 0.127 e. The topological polar surface area (TPSA) is 21.3 Å². The van der Waals surface area contributed by atoms with E-state index in [9.17, 15) is 0 Å². The van der Waals surface area contributed by atoms with Gasteiger partial charge in [-0.3, -0.25) is 0 Å². The Morgan fingerprint density at radius 3 is 2.68 bits per heavy atom. The van der Waals surface area contributed by atoms with Crippen molar-refractivity contribution in [2.75, 3.05) is 7.05 Å².